The maximum atomic E-state index is 12.2. The zero-order valence-electron chi connectivity index (χ0n) is 12.4. The summed E-state index contributed by atoms with van der Waals surface area (Å²) in [6, 6.07) is -0.650. The number of hydrogen-bond donors (Lipinski definition) is 0. The standard InChI is InChI=1S/C14H21NO5/c1-13(2,3)20-12(18)15-8-14(5-9(16)6-14)7-10(15)11(17)19-4/h10H,5-8H2,1-4H3. The summed E-state index contributed by atoms with van der Waals surface area (Å²) < 4.78 is 10.1. The van der Waals surface area contributed by atoms with Gasteiger partial charge in [0.2, 0.25) is 0 Å². The quantitative estimate of drug-likeness (QED) is 0.682. The molecule has 20 heavy (non-hydrogen) atoms. The number of esters is 1. The fourth-order valence-corrected chi connectivity index (χ4v) is 2.96. The van der Waals surface area contributed by atoms with Crippen molar-refractivity contribution < 1.29 is 23.9 Å². The molecule has 1 saturated carbocycles. The third-order valence-corrected chi connectivity index (χ3v) is 3.75. The van der Waals surface area contributed by atoms with Crippen LogP contribution in [0.5, 0.6) is 0 Å². The fraction of sp³-hybridized carbons (Fsp3) is 0.786. The number of nitrogens with zero attached hydrogens (tertiary/aromatic N) is 1. The molecule has 112 valence electrons. The lowest BCUT2D eigenvalue weighted by Crippen LogP contribution is -2.45. The highest BCUT2D eigenvalue weighted by molar-refractivity contribution is 5.89. The molecular weight excluding hydrogens is 262 g/mol. The van der Waals surface area contributed by atoms with E-state index in [0.29, 0.717) is 25.8 Å². The van der Waals surface area contributed by atoms with Crippen molar-refractivity contribution >= 4 is 17.8 Å². The maximum Gasteiger partial charge on any atom is 0.411 e. The number of carbonyl (C=O) groups excluding carboxylic acids is 3. The minimum Gasteiger partial charge on any atom is -0.467 e. The molecule has 1 saturated heterocycles. The van der Waals surface area contributed by atoms with Gasteiger partial charge in [-0.3, -0.25) is 9.69 Å². The Morgan fingerprint density at radius 3 is 2.35 bits per heavy atom. The van der Waals surface area contributed by atoms with E-state index < -0.39 is 23.7 Å². The zero-order valence-corrected chi connectivity index (χ0v) is 12.4. The Hall–Kier alpha value is -1.59. The summed E-state index contributed by atoms with van der Waals surface area (Å²) in [6.07, 6.45) is 0.814. The highest BCUT2D eigenvalue weighted by atomic mass is 16.6. The first-order valence-corrected chi connectivity index (χ1v) is 6.75. The van der Waals surface area contributed by atoms with Crippen molar-refractivity contribution in [3.63, 3.8) is 0 Å². The van der Waals surface area contributed by atoms with Crippen molar-refractivity contribution in [2.45, 2.75) is 51.7 Å². The molecule has 1 aliphatic carbocycles. The third kappa shape index (κ3) is 2.78. The zero-order chi connectivity index (χ0) is 15.1. The van der Waals surface area contributed by atoms with Gasteiger partial charge in [0.15, 0.2) is 0 Å². The molecule has 6 nitrogen and oxygen atoms in total. The molecule has 0 N–H and O–H groups in total. The normalized spacial score (nSPS) is 24.5. The van der Waals surface area contributed by atoms with Crippen LogP contribution in [0.1, 0.15) is 40.0 Å². The number of likely N-dealkylation sites (tertiary alicyclic amines) is 1. The van der Waals surface area contributed by atoms with Crippen LogP contribution in [0, 0.1) is 5.41 Å². The van der Waals surface area contributed by atoms with E-state index in [0.717, 1.165) is 0 Å². The van der Waals surface area contributed by atoms with Crippen LogP contribution in [-0.2, 0) is 19.1 Å². The topological polar surface area (TPSA) is 72.9 Å². The second-order valence-corrected chi connectivity index (χ2v) is 6.74. The Bertz CT molecular complexity index is 443. The second kappa shape index (κ2) is 4.75. The molecule has 1 aliphatic heterocycles. The maximum absolute atomic E-state index is 12.2. The monoisotopic (exact) mass is 283 g/mol. The van der Waals surface area contributed by atoms with Gasteiger partial charge in [0.05, 0.1) is 7.11 Å². The van der Waals surface area contributed by atoms with Gasteiger partial charge in [-0.1, -0.05) is 0 Å². The van der Waals surface area contributed by atoms with Crippen molar-refractivity contribution in [3.8, 4) is 0 Å². The summed E-state index contributed by atoms with van der Waals surface area (Å²) in [5, 5.41) is 0. The lowest BCUT2D eigenvalue weighted by atomic mass is 9.66. The summed E-state index contributed by atoms with van der Waals surface area (Å²) in [5.74, 6) is -0.272. The number of rotatable bonds is 1. The van der Waals surface area contributed by atoms with Crippen LogP contribution in [0.3, 0.4) is 0 Å². The van der Waals surface area contributed by atoms with Gasteiger partial charge >= 0.3 is 12.1 Å². The fourth-order valence-electron chi connectivity index (χ4n) is 2.96. The Balaban J connectivity index is 2.14. The molecule has 1 amide bonds. The molecule has 1 spiro atoms. The van der Waals surface area contributed by atoms with E-state index in [-0.39, 0.29) is 11.2 Å². The molecule has 2 fully saturated rings. The van der Waals surface area contributed by atoms with Crippen LogP contribution < -0.4 is 0 Å². The van der Waals surface area contributed by atoms with E-state index in [4.69, 9.17) is 9.47 Å². The van der Waals surface area contributed by atoms with Gasteiger partial charge in [-0.2, -0.15) is 0 Å². The molecule has 0 aromatic heterocycles. The van der Waals surface area contributed by atoms with Gasteiger partial charge in [0, 0.05) is 24.8 Å². The van der Waals surface area contributed by atoms with Crippen LogP contribution in [0.2, 0.25) is 0 Å². The Morgan fingerprint density at radius 2 is 1.90 bits per heavy atom. The van der Waals surface area contributed by atoms with Crippen LogP contribution in [-0.4, -0.2) is 48.0 Å². The van der Waals surface area contributed by atoms with Crippen molar-refractivity contribution in [2.75, 3.05) is 13.7 Å². The second-order valence-electron chi connectivity index (χ2n) is 6.74. The minimum atomic E-state index is -0.650. The smallest absolute Gasteiger partial charge is 0.411 e. The van der Waals surface area contributed by atoms with Crippen LogP contribution in [0.15, 0.2) is 0 Å². The van der Waals surface area contributed by atoms with E-state index in [1.54, 1.807) is 20.8 Å². The van der Waals surface area contributed by atoms with E-state index in [9.17, 15) is 14.4 Å². The lowest BCUT2D eigenvalue weighted by Gasteiger charge is -2.36. The molecule has 1 unspecified atom stereocenters. The van der Waals surface area contributed by atoms with Gasteiger partial charge < -0.3 is 9.47 Å². The number of ether oxygens (including phenoxy) is 2. The molecule has 2 rings (SSSR count). The number of amides is 1. The largest absolute Gasteiger partial charge is 0.467 e. The highest BCUT2D eigenvalue weighted by Gasteiger charge is 2.55. The van der Waals surface area contributed by atoms with Crippen molar-refractivity contribution in [3.05, 3.63) is 0 Å². The summed E-state index contributed by atoms with van der Waals surface area (Å²) >= 11 is 0. The minimum absolute atomic E-state index is 0.180. The first kappa shape index (κ1) is 14.8. The SMILES string of the molecule is COC(=O)C1CC2(CC(=O)C2)CN1C(=O)OC(C)(C)C. The van der Waals surface area contributed by atoms with Gasteiger partial charge in [-0.15, -0.1) is 0 Å². The highest BCUT2D eigenvalue weighted by Crippen LogP contribution is 2.48. The summed E-state index contributed by atoms with van der Waals surface area (Å²) in [7, 11) is 1.30. The predicted molar refractivity (Wildman–Crippen MR) is 70.0 cm³/mol. The van der Waals surface area contributed by atoms with E-state index in [1.165, 1.54) is 12.0 Å². The predicted octanol–water partition coefficient (Wildman–Crippen LogP) is 1.52. The van der Waals surface area contributed by atoms with Crippen LogP contribution in [0.25, 0.3) is 0 Å². The Kier molecular flexibility index (Phi) is 3.52. The number of Topliss-reactive ketones (excluding diaryl/α,β-unsaturated/α-hetero) is 1. The number of methoxy groups -OCH3 is 1. The molecule has 2 aliphatic rings. The van der Waals surface area contributed by atoms with Crippen LogP contribution in [0.4, 0.5) is 4.79 Å². The first-order valence-electron chi connectivity index (χ1n) is 6.75. The van der Waals surface area contributed by atoms with E-state index >= 15 is 0 Å². The van der Waals surface area contributed by atoms with Gasteiger partial charge in [0.1, 0.15) is 17.4 Å². The van der Waals surface area contributed by atoms with E-state index in [2.05, 4.69) is 0 Å². The average molecular weight is 283 g/mol. The summed E-state index contributed by atoms with van der Waals surface area (Å²) in [6.45, 7) is 5.71. The molecule has 0 aromatic rings. The Morgan fingerprint density at radius 1 is 1.30 bits per heavy atom. The molecular formula is C14H21NO5. The molecule has 6 heteroatoms. The van der Waals surface area contributed by atoms with Gasteiger partial charge in [0.25, 0.3) is 0 Å². The summed E-state index contributed by atoms with van der Waals surface area (Å²) in [4.78, 5) is 36.7. The first-order chi connectivity index (χ1) is 9.16. The number of ketones is 1. The average Bonchev–Trinajstić information content (AvgIpc) is 2.66. The molecule has 0 aromatic carbocycles. The van der Waals surface area contributed by atoms with E-state index in [1.807, 2.05) is 0 Å². The van der Waals surface area contributed by atoms with Gasteiger partial charge in [-0.25, -0.2) is 9.59 Å². The Labute approximate surface area is 118 Å². The van der Waals surface area contributed by atoms with Crippen molar-refractivity contribution in [2.24, 2.45) is 5.41 Å². The van der Waals surface area contributed by atoms with Gasteiger partial charge in [-0.05, 0) is 27.2 Å². The number of carbonyl (C=O) groups is 3. The van der Waals surface area contributed by atoms with Crippen molar-refractivity contribution in [1.82, 2.24) is 4.90 Å². The van der Waals surface area contributed by atoms with Crippen LogP contribution >= 0.6 is 0 Å². The molecule has 1 atom stereocenters. The third-order valence-electron chi connectivity index (χ3n) is 3.75. The molecule has 1 heterocycles. The number of hydrogen-bond acceptors (Lipinski definition) is 5. The van der Waals surface area contributed by atoms with Crippen molar-refractivity contribution in [1.29, 1.82) is 0 Å². The summed E-state index contributed by atoms with van der Waals surface area (Å²) in [5.41, 5.74) is -0.879. The lowest BCUT2D eigenvalue weighted by molar-refractivity contribution is -0.146. The molecule has 0 radical (unpaired) electrons. The molecule has 0 bridgehead atoms.